The summed E-state index contributed by atoms with van der Waals surface area (Å²) in [6.07, 6.45) is 0.873. The SMILES string of the molecule is [CH2]c1ccccc1CNC1CCNC1=O. The number of nitrogens with one attached hydrogen (secondary N) is 2. The van der Waals surface area contributed by atoms with E-state index in [0.717, 1.165) is 24.1 Å². The summed E-state index contributed by atoms with van der Waals surface area (Å²) in [5.74, 6) is 0.108. The molecule has 0 aromatic heterocycles. The summed E-state index contributed by atoms with van der Waals surface area (Å²) in [5, 5.41) is 6.04. The summed E-state index contributed by atoms with van der Waals surface area (Å²) in [6, 6.07) is 7.92. The van der Waals surface area contributed by atoms with Crippen molar-refractivity contribution < 1.29 is 4.79 Å². The molecule has 1 amide bonds. The van der Waals surface area contributed by atoms with Crippen LogP contribution in [0.5, 0.6) is 0 Å². The molecular formula is C12H15N2O. The molecule has 1 fully saturated rings. The molecule has 1 atom stereocenters. The van der Waals surface area contributed by atoms with Crippen LogP contribution >= 0.6 is 0 Å². The van der Waals surface area contributed by atoms with Crippen LogP contribution in [-0.4, -0.2) is 18.5 Å². The summed E-state index contributed by atoms with van der Waals surface area (Å²) in [7, 11) is 0. The Morgan fingerprint density at radius 1 is 1.47 bits per heavy atom. The lowest BCUT2D eigenvalue weighted by molar-refractivity contribution is -0.120. The van der Waals surface area contributed by atoms with Crippen LogP contribution in [-0.2, 0) is 11.3 Å². The minimum atomic E-state index is -0.0374. The highest BCUT2D eigenvalue weighted by atomic mass is 16.2. The average molecular weight is 203 g/mol. The topological polar surface area (TPSA) is 41.1 Å². The Labute approximate surface area is 89.9 Å². The Hall–Kier alpha value is -1.35. The molecule has 1 radical (unpaired) electrons. The monoisotopic (exact) mass is 203 g/mol. The van der Waals surface area contributed by atoms with Gasteiger partial charge in [0.1, 0.15) is 0 Å². The maximum atomic E-state index is 11.3. The highest BCUT2D eigenvalue weighted by molar-refractivity contribution is 5.83. The fourth-order valence-electron chi connectivity index (χ4n) is 1.75. The van der Waals surface area contributed by atoms with E-state index in [1.54, 1.807) is 0 Å². The lowest BCUT2D eigenvalue weighted by Gasteiger charge is -2.11. The Morgan fingerprint density at radius 2 is 2.27 bits per heavy atom. The molecule has 1 aromatic rings. The van der Waals surface area contributed by atoms with E-state index >= 15 is 0 Å². The van der Waals surface area contributed by atoms with Gasteiger partial charge in [-0.15, -0.1) is 0 Å². The first-order valence-corrected chi connectivity index (χ1v) is 5.18. The molecule has 2 rings (SSSR count). The van der Waals surface area contributed by atoms with Crippen LogP contribution in [0.2, 0.25) is 0 Å². The number of hydrogen-bond donors (Lipinski definition) is 2. The van der Waals surface area contributed by atoms with E-state index in [9.17, 15) is 4.79 Å². The number of rotatable bonds is 3. The van der Waals surface area contributed by atoms with Crippen LogP contribution in [0.3, 0.4) is 0 Å². The van der Waals surface area contributed by atoms with Crippen molar-refractivity contribution in [1.29, 1.82) is 0 Å². The highest BCUT2D eigenvalue weighted by Gasteiger charge is 2.22. The van der Waals surface area contributed by atoms with Gasteiger partial charge in [0.15, 0.2) is 0 Å². The number of carbonyl (C=O) groups is 1. The van der Waals surface area contributed by atoms with E-state index in [1.165, 1.54) is 0 Å². The third-order valence-electron chi connectivity index (χ3n) is 2.71. The van der Waals surface area contributed by atoms with Gasteiger partial charge in [0.05, 0.1) is 6.04 Å². The van der Waals surface area contributed by atoms with E-state index in [1.807, 2.05) is 24.3 Å². The molecule has 1 unspecified atom stereocenters. The predicted molar refractivity (Wildman–Crippen MR) is 59.2 cm³/mol. The molecule has 0 saturated carbocycles. The molecule has 3 heteroatoms. The quantitative estimate of drug-likeness (QED) is 0.764. The first-order chi connectivity index (χ1) is 7.27. The fraction of sp³-hybridized carbons (Fsp3) is 0.333. The molecule has 0 bridgehead atoms. The Balaban J connectivity index is 1.93. The molecule has 79 valence electrons. The summed E-state index contributed by atoms with van der Waals surface area (Å²) < 4.78 is 0. The second-order valence-electron chi connectivity index (χ2n) is 3.78. The Kier molecular flexibility index (Phi) is 3.02. The minimum absolute atomic E-state index is 0.0374. The maximum absolute atomic E-state index is 11.3. The van der Waals surface area contributed by atoms with E-state index in [0.29, 0.717) is 6.54 Å². The van der Waals surface area contributed by atoms with Gasteiger partial charge in [-0.1, -0.05) is 24.3 Å². The molecule has 1 aliphatic heterocycles. The number of benzene rings is 1. The van der Waals surface area contributed by atoms with E-state index in [4.69, 9.17) is 0 Å². The van der Waals surface area contributed by atoms with Crippen molar-refractivity contribution >= 4 is 5.91 Å². The van der Waals surface area contributed by atoms with Crippen molar-refractivity contribution in [3.63, 3.8) is 0 Å². The smallest absolute Gasteiger partial charge is 0.237 e. The van der Waals surface area contributed by atoms with Gasteiger partial charge in [0, 0.05) is 13.1 Å². The van der Waals surface area contributed by atoms with Gasteiger partial charge < -0.3 is 10.6 Å². The zero-order valence-electron chi connectivity index (χ0n) is 8.62. The van der Waals surface area contributed by atoms with Crippen molar-refractivity contribution in [2.75, 3.05) is 6.54 Å². The van der Waals surface area contributed by atoms with Crippen molar-refractivity contribution in [2.24, 2.45) is 0 Å². The van der Waals surface area contributed by atoms with Crippen molar-refractivity contribution in [3.8, 4) is 0 Å². The van der Waals surface area contributed by atoms with E-state index in [2.05, 4.69) is 17.6 Å². The third kappa shape index (κ3) is 2.36. The first-order valence-electron chi connectivity index (χ1n) is 5.18. The van der Waals surface area contributed by atoms with Crippen LogP contribution in [0.25, 0.3) is 0 Å². The minimum Gasteiger partial charge on any atom is -0.355 e. The van der Waals surface area contributed by atoms with Crippen LogP contribution in [0.15, 0.2) is 24.3 Å². The molecule has 1 saturated heterocycles. The van der Waals surface area contributed by atoms with Gasteiger partial charge in [0.2, 0.25) is 5.91 Å². The molecule has 0 spiro atoms. The predicted octanol–water partition coefficient (Wildman–Crippen LogP) is 0.847. The first kappa shape index (κ1) is 10.2. The van der Waals surface area contributed by atoms with Crippen LogP contribution in [0.1, 0.15) is 17.5 Å². The van der Waals surface area contributed by atoms with Crippen molar-refractivity contribution in [1.82, 2.24) is 10.6 Å². The molecule has 1 aromatic carbocycles. The Bertz CT molecular complexity index is 362. The van der Waals surface area contributed by atoms with Crippen molar-refractivity contribution in [2.45, 2.75) is 19.0 Å². The van der Waals surface area contributed by atoms with Crippen LogP contribution in [0, 0.1) is 6.92 Å². The second kappa shape index (κ2) is 4.45. The van der Waals surface area contributed by atoms with Gasteiger partial charge in [-0.05, 0) is 24.5 Å². The number of carbonyl (C=O) groups excluding carboxylic acids is 1. The summed E-state index contributed by atoms with van der Waals surface area (Å²) in [4.78, 5) is 11.3. The van der Waals surface area contributed by atoms with E-state index in [-0.39, 0.29) is 11.9 Å². The lowest BCUT2D eigenvalue weighted by atomic mass is 10.1. The van der Waals surface area contributed by atoms with Gasteiger partial charge in [0.25, 0.3) is 0 Å². The fourth-order valence-corrected chi connectivity index (χ4v) is 1.75. The highest BCUT2D eigenvalue weighted by Crippen LogP contribution is 2.08. The molecule has 3 nitrogen and oxygen atoms in total. The van der Waals surface area contributed by atoms with Gasteiger partial charge in [-0.25, -0.2) is 0 Å². The largest absolute Gasteiger partial charge is 0.355 e. The molecule has 0 aliphatic carbocycles. The molecule has 15 heavy (non-hydrogen) atoms. The maximum Gasteiger partial charge on any atom is 0.237 e. The zero-order chi connectivity index (χ0) is 10.7. The molecular weight excluding hydrogens is 188 g/mol. The summed E-state index contributed by atoms with van der Waals surface area (Å²) in [5.41, 5.74) is 2.17. The molecule has 2 N–H and O–H groups in total. The molecule has 1 aliphatic rings. The summed E-state index contributed by atoms with van der Waals surface area (Å²) in [6.45, 7) is 5.43. The Morgan fingerprint density at radius 3 is 2.93 bits per heavy atom. The van der Waals surface area contributed by atoms with Gasteiger partial charge in [-0.2, -0.15) is 0 Å². The zero-order valence-corrected chi connectivity index (χ0v) is 8.62. The standard InChI is InChI=1S/C12H15N2O/c1-9-4-2-3-5-10(9)8-14-11-6-7-13-12(11)15/h2-5,11,14H,1,6-8H2,(H,13,15). The molecule has 1 heterocycles. The third-order valence-corrected chi connectivity index (χ3v) is 2.71. The number of hydrogen-bond acceptors (Lipinski definition) is 2. The van der Waals surface area contributed by atoms with Gasteiger partial charge >= 0.3 is 0 Å². The second-order valence-corrected chi connectivity index (χ2v) is 3.78. The lowest BCUT2D eigenvalue weighted by Crippen LogP contribution is -2.35. The van der Waals surface area contributed by atoms with Crippen molar-refractivity contribution in [3.05, 3.63) is 42.3 Å². The van der Waals surface area contributed by atoms with E-state index < -0.39 is 0 Å². The van der Waals surface area contributed by atoms with Crippen LogP contribution in [0.4, 0.5) is 0 Å². The summed E-state index contributed by atoms with van der Waals surface area (Å²) >= 11 is 0. The normalized spacial score (nSPS) is 20.3. The van der Waals surface area contributed by atoms with Gasteiger partial charge in [-0.3, -0.25) is 4.79 Å². The average Bonchev–Trinajstić information content (AvgIpc) is 2.63. The number of amides is 1. The van der Waals surface area contributed by atoms with Crippen LogP contribution < -0.4 is 10.6 Å².